The van der Waals surface area contributed by atoms with E-state index in [0.29, 0.717) is 23.6 Å². The van der Waals surface area contributed by atoms with Crippen LogP contribution in [0.2, 0.25) is 0 Å². The van der Waals surface area contributed by atoms with Crippen LogP contribution in [0.5, 0.6) is 11.5 Å². The number of hydrogen-bond acceptors (Lipinski definition) is 4. The lowest BCUT2D eigenvalue weighted by Gasteiger charge is -2.18. The molecular formula is C26H23N3O4. The maximum absolute atomic E-state index is 12.6. The third-order valence-corrected chi connectivity index (χ3v) is 5.75. The van der Waals surface area contributed by atoms with Crippen molar-refractivity contribution in [3.63, 3.8) is 0 Å². The van der Waals surface area contributed by atoms with Crippen molar-refractivity contribution in [3.8, 4) is 11.5 Å². The van der Waals surface area contributed by atoms with Crippen molar-refractivity contribution in [2.24, 2.45) is 0 Å². The van der Waals surface area contributed by atoms with E-state index in [2.05, 4.69) is 33.8 Å². The van der Waals surface area contributed by atoms with Crippen molar-refractivity contribution in [2.45, 2.75) is 5.92 Å². The lowest BCUT2D eigenvalue weighted by Crippen LogP contribution is -2.38. The maximum Gasteiger partial charge on any atom is 0.251 e. The van der Waals surface area contributed by atoms with Crippen LogP contribution in [-0.2, 0) is 4.79 Å². The number of benzene rings is 3. The molecule has 2 heterocycles. The van der Waals surface area contributed by atoms with Gasteiger partial charge >= 0.3 is 0 Å². The van der Waals surface area contributed by atoms with Crippen molar-refractivity contribution >= 4 is 22.7 Å². The second kappa shape index (κ2) is 9.08. The van der Waals surface area contributed by atoms with E-state index in [9.17, 15) is 9.59 Å². The number of para-hydroxylation sites is 1. The minimum Gasteiger partial charge on any atom is -0.454 e. The van der Waals surface area contributed by atoms with Crippen molar-refractivity contribution < 1.29 is 19.1 Å². The van der Waals surface area contributed by atoms with Crippen LogP contribution in [0.25, 0.3) is 10.9 Å². The first kappa shape index (κ1) is 20.6. The van der Waals surface area contributed by atoms with Gasteiger partial charge in [-0.25, -0.2) is 0 Å². The van der Waals surface area contributed by atoms with Crippen LogP contribution in [0.3, 0.4) is 0 Å². The van der Waals surface area contributed by atoms with E-state index >= 15 is 0 Å². The molecule has 2 amide bonds. The van der Waals surface area contributed by atoms with Gasteiger partial charge in [-0.1, -0.05) is 48.5 Å². The third-order valence-electron chi connectivity index (χ3n) is 5.75. The molecule has 1 aromatic heterocycles. The second-order valence-corrected chi connectivity index (χ2v) is 7.81. The second-order valence-electron chi connectivity index (χ2n) is 7.81. The van der Waals surface area contributed by atoms with Gasteiger partial charge in [-0.05, 0) is 35.4 Å². The average Bonchev–Trinajstić information content (AvgIpc) is 3.50. The molecular weight excluding hydrogens is 418 g/mol. The number of aromatic nitrogens is 1. The zero-order valence-corrected chi connectivity index (χ0v) is 17.8. The summed E-state index contributed by atoms with van der Waals surface area (Å²) >= 11 is 0. The normalized spacial score (nSPS) is 13.0. The fourth-order valence-corrected chi connectivity index (χ4v) is 4.05. The number of hydrogen-bond donors (Lipinski definition) is 3. The highest BCUT2D eigenvalue weighted by Gasteiger charge is 2.20. The topological polar surface area (TPSA) is 92.5 Å². The molecule has 0 saturated carbocycles. The maximum atomic E-state index is 12.6. The summed E-state index contributed by atoms with van der Waals surface area (Å²) in [5, 5.41) is 6.76. The van der Waals surface area contributed by atoms with Gasteiger partial charge in [-0.2, -0.15) is 0 Å². The molecule has 166 valence electrons. The first-order chi connectivity index (χ1) is 16.2. The fraction of sp³-hybridized carbons (Fsp3) is 0.154. The smallest absolute Gasteiger partial charge is 0.251 e. The Kier molecular flexibility index (Phi) is 5.68. The Balaban J connectivity index is 1.25. The van der Waals surface area contributed by atoms with Gasteiger partial charge in [0.25, 0.3) is 5.91 Å². The van der Waals surface area contributed by atoms with E-state index in [1.165, 1.54) is 0 Å². The average molecular weight is 441 g/mol. The number of nitrogens with one attached hydrogen (secondary N) is 3. The first-order valence-electron chi connectivity index (χ1n) is 10.7. The number of ether oxygens (including phenoxy) is 2. The number of aromatic amines is 1. The highest BCUT2D eigenvalue weighted by Crippen LogP contribution is 2.32. The molecule has 1 atom stereocenters. The van der Waals surface area contributed by atoms with Crippen LogP contribution in [0.15, 0.2) is 79.0 Å². The van der Waals surface area contributed by atoms with E-state index in [1.54, 1.807) is 18.2 Å². The van der Waals surface area contributed by atoms with Gasteiger partial charge in [-0.3, -0.25) is 9.59 Å². The van der Waals surface area contributed by atoms with Gasteiger partial charge in [0, 0.05) is 35.1 Å². The molecule has 3 N–H and O–H groups in total. The number of amides is 2. The molecule has 4 aromatic rings. The van der Waals surface area contributed by atoms with Gasteiger partial charge in [0.2, 0.25) is 12.7 Å². The van der Waals surface area contributed by atoms with Crippen LogP contribution in [0.1, 0.15) is 27.4 Å². The van der Waals surface area contributed by atoms with Crippen LogP contribution in [0.4, 0.5) is 0 Å². The van der Waals surface area contributed by atoms with Gasteiger partial charge in [0.15, 0.2) is 11.5 Å². The van der Waals surface area contributed by atoms with Crippen molar-refractivity contribution in [2.75, 3.05) is 19.9 Å². The molecule has 0 fully saturated rings. The largest absolute Gasteiger partial charge is 0.454 e. The molecule has 0 radical (unpaired) electrons. The lowest BCUT2D eigenvalue weighted by molar-refractivity contribution is -0.120. The van der Waals surface area contributed by atoms with Crippen LogP contribution < -0.4 is 20.1 Å². The van der Waals surface area contributed by atoms with E-state index in [-0.39, 0.29) is 31.1 Å². The first-order valence-corrected chi connectivity index (χ1v) is 10.7. The molecule has 0 saturated heterocycles. The Morgan fingerprint density at radius 1 is 0.909 bits per heavy atom. The summed E-state index contributed by atoms with van der Waals surface area (Å²) in [6.45, 7) is 0.426. The molecule has 7 nitrogen and oxygen atoms in total. The molecule has 1 unspecified atom stereocenters. The van der Waals surface area contributed by atoms with Crippen LogP contribution >= 0.6 is 0 Å². The van der Waals surface area contributed by atoms with Crippen LogP contribution in [-0.4, -0.2) is 36.7 Å². The predicted octanol–water partition coefficient (Wildman–Crippen LogP) is 3.57. The standard InChI is InChI=1S/C26H23N3O4/c30-25(15-29-26(31)18-10-11-23-24(12-18)33-16-32-23)28-13-20(17-6-2-1-3-7-17)21-14-27-22-9-5-4-8-19(21)22/h1-12,14,20,27H,13,15-16H2,(H,28,30)(H,29,31). The Morgan fingerprint density at radius 3 is 2.58 bits per heavy atom. The van der Waals surface area contributed by atoms with E-state index < -0.39 is 0 Å². The summed E-state index contributed by atoms with van der Waals surface area (Å²) in [6.07, 6.45) is 2.00. The quantitative estimate of drug-likeness (QED) is 0.409. The Morgan fingerprint density at radius 2 is 1.70 bits per heavy atom. The third kappa shape index (κ3) is 4.39. The van der Waals surface area contributed by atoms with Crippen molar-refractivity contribution in [1.29, 1.82) is 0 Å². The fourth-order valence-electron chi connectivity index (χ4n) is 4.05. The molecule has 0 aliphatic carbocycles. The molecule has 3 aromatic carbocycles. The van der Waals surface area contributed by atoms with Gasteiger partial charge in [-0.15, -0.1) is 0 Å². The Bertz CT molecular complexity index is 1300. The minimum atomic E-state index is -0.348. The molecule has 33 heavy (non-hydrogen) atoms. The molecule has 7 heteroatoms. The zero-order chi connectivity index (χ0) is 22.6. The lowest BCUT2D eigenvalue weighted by atomic mass is 9.91. The van der Waals surface area contributed by atoms with Gasteiger partial charge in [0.05, 0.1) is 6.54 Å². The van der Waals surface area contributed by atoms with E-state index in [1.807, 2.05) is 42.6 Å². The zero-order valence-electron chi connectivity index (χ0n) is 17.8. The monoisotopic (exact) mass is 441 g/mol. The SMILES string of the molecule is O=C(CNC(=O)c1ccc2c(c1)OCO2)NCC(c1ccccc1)c1c[nH]c2ccccc12. The number of carbonyl (C=O) groups is 2. The number of carbonyl (C=O) groups excluding carboxylic acids is 2. The van der Waals surface area contributed by atoms with E-state index in [4.69, 9.17) is 9.47 Å². The Labute approximate surface area is 190 Å². The highest BCUT2D eigenvalue weighted by atomic mass is 16.7. The summed E-state index contributed by atoms with van der Waals surface area (Å²) in [6, 6.07) is 23.1. The number of H-pyrrole nitrogens is 1. The van der Waals surface area contributed by atoms with Crippen LogP contribution in [0, 0.1) is 0 Å². The summed E-state index contributed by atoms with van der Waals surface area (Å²) in [4.78, 5) is 28.3. The molecule has 1 aliphatic rings. The van der Waals surface area contributed by atoms with Gasteiger partial charge in [0.1, 0.15) is 0 Å². The van der Waals surface area contributed by atoms with Crippen molar-refractivity contribution in [3.05, 3.63) is 95.7 Å². The summed E-state index contributed by atoms with van der Waals surface area (Å²) in [5.74, 6) is 0.491. The summed E-state index contributed by atoms with van der Waals surface area (Å²) < 4.78 is 10.6. The summed E-state index contributed by atoms with van der Waals surface area (Å²) in [5.41, 5.74) is 3.68. The van der Waals surface area contributed by atoms with E-state index in [0.717, 1.165) is 22.0 Å². The molecule has 1 aliphatic heterocycles. The number of fused-ring (bicyclic) bond motifs is 2. The number of rotatable bonds is 7. The predicted molar refractivity (Wildman–Crippen MR) is 124 cm³/mol. The molecule has 5 rings (SSSR count). The van der Waals surface area contributed by atoms with Crippen molar-refractivity contribution in [1.82, 2.24) is 15.6 Å². The highest BCUT2D eigenvalue weighted by molar-refractivity contribution is 5.97. The summed E-state index contributed by atoms with van der Waals surface area (Å²) in [7, 11) is 0. The van der Waals surface area contributed by atoms with Gasteiger partial charge < -0.3 is 25.1 Å². The molecule has 0 bridgehead atoms. The minimum absolute atomic E-state index is 0.0316. The Hall–Kier alpha value is -4.26. The molecule has 0 spiro atoms.